The van der Waals surface area contributed by atoms with Gasteiger partial charge in [-0.2, -0.15) is 13.2 Å². The number of alkyl halides is 3. The molecule has 2 fully saturated rings. The van der Waals surface area contributed by atoms with Gasteiger partial charge in [0.15, 0.2) is 0 Å². The number of fused-ring (bicyclic) bond motifs is 1. The zero-order chi connectivity index (χ0) is 26.3. The van der Waals surface area contributed by atoms with Crippen LogP contribution in [0.5, 0.6) is 0 Å². The number of H-pyrrole nitrogens is 1. The van der Waals surface area contributed by atoms with E-state index >= 15 is 0 Å². The second-order valence-electron chi connectivity index (χ2n) is 9.62. The Kier molecular flexibility index (Phi) is 6.67. The maximum atomic E-state index is 12.7. The van der Waals surface area contributed by atoms with Gasteiger partial charge in [-0.3, -0.25) is 4.57 Å². The number of aromatic amines is 1. The molecule has 2 aromatic heterocycles. The van der Waals surface area contributed by atoms with Crippen LogP contribution in [0.25, 0.3) is 22.2 Å². The van der Waals surface area contributed by atoms with Crippen molar-refractivity contribution in [2.75, 3.05) is 31.6 Å². The van der Waals surface area contributed by atoms with Crippen LogP contribution in [0.15, 0.2) is 70.5 Å². The van der Waals surface area contributed by atoms with Gasteiger partial charge in [0, 0.05) is 30.2 Å². The maximum Gasteiger partial charge on any atom is 0.417 e. The highest BCUT2D eigenvalue weighted by Crippen LogP contribution is 2.32. The molecule has 0 amide bonds. The number of aromatic nitrogens is 3. The molecule has 2 aliphatic rings. The van der Waals surface area contributed by atoms with Gasteiger partial charge >= 0.3 is 11.9 Å². The number of anilines is 1. The van der Waals surface area contributed by atoms with Crippen molar-refractivity contribution in [1.29, 1.82) is 0 Å². The van der Waals surface area contributed by atoms with Crippen molar-refractivity contribution in [3.63, 3.8) is 0 Å². The van der Waals surface area contributed by atoms with E-state index in [1.807, 2.05) is 12.1 Å². The predicted octanol–water partition coefficient (Wildman–Crippen LogP) is 5.57. The number of benzene rings is 2. The Labute approximate surface area is 221 Å². The van der Waals surface area contributed by atoms with E-state index in [0.717, 1.165) is 65.3 Å². The molecule has 198 valence electrons. The zero-order valence-electron chi connectivity index (χ0n) is 20.4. The van der Waals surface area contributed by atoms with Gasteiger partial charge in [0.05, 0.1) is 35.9 Å². The predicted molar refractivity (Wildman–Crippen MR) is 141 cm³/mol. The van der Waals surface area contributed by atoms with Crippen LogP contribution in [0, 0.1) is 0 Å². The van der Waals surface area contributed by atoms with Gasteiger partial charge < -0.3 is 15.0 Å². The third-order valence-electron chi connectivity index (χ3n) is 7.02. The van der Waals surface area contributed by atoms with Crippen molar-refractivity contribution >= 4 is 28.8 Å². The lowest BCUT2D eigenvalue weighted by Crippen LogP contribution is -2.36. The molecule has 6 rings (SSSR count). The highest BCUT2D eigenvalue weighted by molar-refractivity contribution is 7.97. The van der Waals surface area contributed by atoms with E-state index in [-0.39, 0.29) is 17.8 Å². The molecule has 2 N–H and O–H groups in total. The summed E-state index contributed by atoms with van der Waals surface area (Å²) in [7, 11) is 0. The van der Waals surface area contributed by atoms with E-state index in [1.54, 1.807) is 16.5 Å². The molecule has 4 heterocycles. The summed E-state index contributed by atoms with van der Waals surface area (Å²) in [6.45, 7) is 2.83. The molecule has 4 aromatic rings. The van der Waals surface area contributed by atoms with Crippen molar-refractivity contribution in [2.45, 2.75) is 36.0 Å². The van der Waals surface area contributed by atoms with Crippen LogP contribution in [-0.2, 0) is 10.9 Å². The topological polar surface area (TPSA) is 75.2 Å². The molecule has 0 spiro atoms. The Morgan fingerprint density at radius 1 is 1.00 bits per heavy atom. The summed E-state index contributed by atoms with van der Waals surface area (Å²) >= 11 is 1.70. The SMILES string of the molecule is O=c1[nH]c2ccc(-c3ccc(SN4CCC(Nc5ccc(C(F)(F)F)cn5)CC4)cc3)cc2n1C1COC1. The van der Waals surface area contributed by atoms with E-state index in [2.05, 4.69) is 49.9 Å². The maximum absolute atomic E-state index is 12.7. The zero-order valence-corrected chi connectivity index (χ0v) is 21.2. The third kappa shape index (κ3) is 5.18. The van der Waals surface area contributed by atoms with Gasteiger partial charge in [-0.05, 0) is 72.3 Å². The van der Waals surface area contributed by atoms with Crippen LogP contribution in [0.3, 0.4) is 0 Å². The molecular formula is C27H26F3N5O2S. The van der Waals surface area contributed by atoms with Crippen LogP contribution in [-0.4, -0.2) is 51.2 Å². The normalized spacial score (nSPS) is 17.6. The highest BCUT2D eigenvalue weighted by atomic mass is 32.2. The van der Waals surface area contributed by atoms with Crippen molar-refractivity contribution in [3.8, 4) is 11.1 Å². The Balaban J connectivity index is 1.05. The minimum Gasteiger partial charge on any atom is -0.377 e. The second-order valence-corrected chi connectivity index (χ2v) is 10.8. The first kappa shape index (κ1) is 25.0. The quantitative estimate of drug-likeness (QED) is 0.311. The number of nitrogens with zero attached hydrogens (tertiary/aromatic N) is 3. The summed E-state index contributed by atoms with van der Waals surface area (Å²) in [6, 6.07) is 17.1. The first-order chi connectivity index (χ1) is 18.3. The van der Waals surface area contributed by atoms with Crippen molar-refractivity contribution in [1.82, 2.24) is 18.8 Å². The number of hydrogen-bond donors (Lipinski definition) is 2. The Morgan fingerprint density at radius 2 is 1.74 bits per heavy atom. The number of piperidine rings is 1. The van der Waals surface area contributed by atoms with E-state index in [9.17, 15) is 18.0 Å². The Hall–Kier alpha value is -3.28. The molecule has 11 heteroatoms. The number of nitrogens with one attached hydrogen (secondary N) is 2. The van der Waals surface area contributed by atoms with E-state index < -0.39 is 11.7 Å². The number of hydrogen-bond acceptors (Lipinski definition) is 6. The lowest BCUT2D eigenvalue weighted by molar-refractivity contribution is -0.137. The second kappa shape index (κ2) is 10.1. The number of halogens is 3. The van der Waals surface area contributed by atoms with Gasteiger partial charge in [-0.15, -0.1) is 0 Å². The molecule has 0 bridgehead atoms. The number of imidazole rings is 1. The molecule has 38 heavy (non-hydrogen) atoms. The van der Waals surface area contributed by atoms with Gasteiger partial charge in [0.25, 0.3) is 0 Å². The number of rotatable bonds is 6. The summed E-state index contributed by atoms with van der Waals surface area (Å²) in [5, 5.41) is 3.26. The Bertz CT molecular complexity index is 1470. The number of ether oxygens (including phenoxy) is 1. The summed E-state index contributed by atoms with van der Waals surface area (Å²) < 4.78 is 47.6. The molecule has 2 aromatic carbocycles. The average molecular weight is 542 g/mol. The fourth-order valence-corrected chi connectivity index (χ4v) is 5.79. The Morgan fingerprint density at radius 3 is 2.37 bits per heavy atom. The van der Waals surface area contributed by atoms with Crippen molar-refractivity contribution in [3.05, 3.63) is 76.8 Å². The summed E-state index contributed by atoms with van der Waals surface area (Å²) in [5.41, 5.74) is 2.99. The lowest BCUT2D eigenvalue weighted by atomic mass is 10.1. The molecule has 2 aliphatic heterocycles. The van der Waals surface area contributed by atoms with Crippen LogP contribution in [0.1, 0.15) is 24.4 Å². The smallest absolute Gasteiger partial charge is 0.377 e. The summed E-state index contributed by atoms with van der Waals surface area (Å²) in [6.07, 6.45) is -1.76. The van der Waals surface area contributed by atoms with Crippen LogP contribution < -0.4 is 11.0 Å². The minimum absolute atomic E-state index is 0.0795. The van der Waals surface area contributed by atoms with Crippen LogP contribution in [0.2, 0.25) is 0 Å². The molecule has 2 saturated heterocycles. The average Bonchev–Trinajstić information content (AvgIpc) is 3.19. The van der Waals surface area contributed by atoms with Crippen molar-refractivity contribution < 1.29 is 17.9 Å². The van der Waals surface area contributed by atoms with E-state index in [0.29, 0.717) is 19.0 Å². The standard InChI is InChI=1S/C27H26F3N5O2S/c28-27(29,30)19-4-8-25(31-14-19)32-20-9-11-34(12-10-20)38-22-5-1-17(2-6-22)18-3-7-23-24(13-18)35(26(36)33-23)21-15-37-16-21/h1-8,13-14,20-21H,9-12,15-16H2,(H,31,32)(H,33,36). The first-order valence-electron chi connectivity index (χ1n) is 12.5. The molecule has 7 nitrogen and oxygen atoms in total. The first-order valence-corrected chi connectivity index (χ1v) is 13.3. The molecule has 0 radical (unpaired) electrons. The summed E-state index contributed by atoms with van der Waals surface area (Å²) in [5.74, 6) is 0.468. The van der Waals surface area contributed by atoms with E-state index in [4.69, 9.17) is 4.74 Å². The highest BCUT2D eigenvalue weighted by Gasteiger charge is 2.31. The molecule has 0 saturated carbocycles. The lowest BCUT2D eigenvalue weighted by Gasteiger charge is -2.31. The molecule has 0 aliphatic carbocycles. The third-order valence-corrected chi connectivity index (χ3v) is 8.13. The van der Waals surface area contributed by atoms with Gasteiger partial charge in [-0.25, -0.2) is 14.1 Å². The molecular weight excluding hydrogens is 515 g/mol. The molecule has 0 atom stereocenters. The molecule has 0 unspecified atom stereocenters. The van der Waals surface area contributed by atoms with Crippen LogP contribution >= 0.6 is 11.9 Å². The van der Waals surface area contributed by atoms with Crippen LogP contribution in [0.4, 0.5) is 19.0 Å². The number of pyridine rings is 1. The van der Waals surface area contributed by atoms with Crippen molar-refractivity contribution in [2.24, 2.45) is 0 Å². The summed E-state index contributed by atoms with van der Waals surface area (Å²) in [4.78, 5) is 20.4. The fourth-order valence-electron chi connectivity index (χ4n) is 4.84. The monoisotopic (exact) mass is 541 g/mol. The van der Waals surface area contributed by atoms with Gasteiger partial charge in [0.2, 0.25) is 0 Å². The minimum atomic E-state index is -4.38. The van der Waals surface area contributed by atoms with Gasteiger partial charge in [-0.1, -0.05) is 18.2 Å². The van der Waals surface area contributed by atoms with Gasteiger partial charge in [0.1, 0.15) is 5.82 Å². The largest absolute Gasteiger partial charge is 0.417 e. The van der Waals surface area contributed by atoms with E-state index in [1.165, 1.54) is 6.07 Å². The fraction of sp³-hybridized carbons (Fsp3) is 0.333.